The molecule has 0 aliphatic heterocycles. The summed E-state index contributed by atoms with van der Waals surface area (Å²) in [7, 11) is 1.47. The van der Waals surface area contributed by atoms with Crippen LogP contribution in [0.3, 0.4) is 0 Å². The Labute approximate surface area is 95.3 Å². The molecule has 78 valence electrons. The van der Waals surface area contributed by atoms with Crippen molar-refractivity contribution >= 4 is 42.2 Å². The first kappa shape index (κ1) is 10.6. The fourth-order valence-electron chi connectivity index (χ4n) is 1.14. The molecule has 0 aliphatic carbocycles. The van der Waals surface area contributed by atoms with Crippen molar-refractivity contribution in [2.45, 2.75) is 4.90 Å². The average molecular weight is 263 g/mol. The third-order valence-corrected chi connectivity index (χ3v) is 3.34. The molecule has 2 aromatic rings. The van der Waals surface area contributed by atoms with Crippen molar-refractivity contribution in [3.05, 3.63) is 29.7 Å². The Balaban J connectivity index is 2.73. The molecule has 15 heavy (non-hydrogen) atoms. The Morgan fingerprint density at radius 3 is 2.67 bits per heavy atom. The number of fused-ring (bicyclic) bond motifs is 1. The van der Waals surface area contributed by atoms with Crippen LogP contribution in [-0.2, 0) is 9.05 Å². The van der Waals surface area contributed by atoms with Crippen LogP contribution in [0.4, 0.5) is 0 Å². The minimum Gasteiger partial charge on any atom is -0.226 e. The van der Waals surface area contributed by atoms with Gasteiger partial charge in [0.15, 0.2) is 0 Å². The Morgan fingerprint density at radius 1 is 1.27 bits per heavy atom. The first-order valence-electron chi connectivity index (χ1n) is 3.84. The number of rotatable bonds is 1. The Kier molecular flexibility index (Phi) is 2.54. The van der Waals surface area contributed by atoms with Crippen molar-refractivity contribution in [2.24, 2.45) is 0 Å². The Morgan fingerprint density at radius 2 is 2.00 bits per heavy atom. The van der Waals surface area contributed by atoms with Gasteiger partial charge in [-0.1, -0.05) is 0 Å². The van der Waals surface area contributed by atoms with Gasteiger partial charge in [0.25, 0.3) is 9.05 Å². The van der Waals surface area contributed by atoms with Crippen molar-refractivity contribution in [1.29, 1.82) is 0 Å². The molecular formula is C8H4Cl2N2O2S. The fourth-order valence-corrected chi connectivity index (χ4v) is 2.07. The maximum atomic E-state index is 11.0. The normalized spacial score (nSPS) is 11.9. The molecule has 1 aromatic heterocycles. The molecule has 0 saturated heterocycles. The van der Waals surface area contributed by atoms with Gasteiger partial charge >= 0.3 is 0 Å². The molecule has 0 fully saturated rings. The first-order valence-corrected chi connectivity index (χ1v) is 6.52. The van der Waals surface area contributed by atoms with Crippen molar-refractivity contribution in [3.63, 3.8) is 0 Å². The van der Waals surface area contributed by atoms with Gasteiger partial charge in [0.2, 0.25) is 5.28 Å². The van der Waals surface area contributed by atoms with Gasteiger partial charge in [-0.05, 0) is 29.8 Å². The minimum atomic E-state index is -3.72. The molecule has 0 aliphatic rings. The van der Waals surface area contributed by atoms with E-state index in [-0.39, 0.29) is 10.2 Å². The lowest BCUT2D eigenvalue weighted by Gasteiger charge is -1.99. The van der Waals surface area contributed by atoms with Gasteiger partial charge in [-0.15, -0.1) is 0 Å². The molecular weight excluding hydrogens is 259 g/mol. The van der Waals surface area contributed by atoms with E-state index in [2.05, 4.69) is 9.97 Å². The molecule has 0 saturated carbocycles. The standard InChI is InChI=1S/C8H4Cl2N2O2S/c9-8-11-4-5-3-6(15(10,13)14)1-2-7(5)12-8/h1-4H. The van der Waals surface area contributed by atoms with Gasteiger partial charge in [-0.3, -0.25) is 0 Å². The molecule has 1 aromatic carbocycles. The smallest absolute Gasteiger partial charge is 0.226 e. The number of halogens is 2. The van der Waals surface area contributed by atoms with E-state index < -0.39 is 9.05 Å². The summed E-state index contributed by atoms with van der Waals surface area (Å²) >= 11 is 5.58. The number of hydrogen-bond acceptors (Lipinski definition) is 4. The summed E-state index contributed by atoms with van der Waals surface area (Å²) in [4.78, 5) is 7.68. The summed E-state index contributed by atoms with van der Waals surface area (Å²) < 4.78 is 22.1. The van der Waals surface area contributed by atoms with Gasteiger partial charge in [0, 0.05) is 22.3 Å². The molecule has 0 spiro atoms. The van der Waals surface area contributed by atoms with Crippen LogP contribution in [0, 0.1) is 0 Å². The molecule has 0 N–H and O–H groups in total. The molecule has 7 heteroatoms. The number of nitrogens with zero attached hydrogens (tertiary/aromatic N) is 2. The largest absolute Gasteiger partial charge is 0.261 e. The van der Waals surface area contributed by atoms with E-state index in [9.17, 15) is 8.42 Å². The predicted molar refractivity (Wildman–Crippen MR) is 57.6 cm³/mol. The van der Waals surface area contributed by atoms with Crippen molar-refractivity contribution < 1.29 is 8.42 Å². The third kappa shape index (κ3) is 2.19. The van der Waals surface area contributed by atoms with Gasteiger partial charge in [-0.2, -0.15) is 0 Å². The summed E-state index contributed by atoms with van der Waals surface area (Å²) in [6.07, 6.45) is 1.44. The summed E-state index contributed by atoms with van der Waals surface area (Å²) in [6.45, 7) is 0. The highest BCUT2D eigenvalue weighted by atomic mass is 35.7. The quantitative estimate of drug-likeness (QED) is 0.584. The maximum absolute atomic E-state index is 11.0. The van der Waals surface area contributed by atoms with Gasteiger partial charge < -0.3 is 0 Å². The highest BCUT2D eigenvalue weighted by Crippen LogP contribution is 2.20. The van der Waals surface area contributed by atoms with E-state index in [1.54, 1.807) is 0 Å². The van der Waals surface area contributed by atoms with Crippen molar-refractivity contribution in [2.75, 3.05) is 0 Å². The van der Waals surface area contributed by atoms with Crippen LogP contribution >= 0.6 is 22.3 Å². The topological polar surface area (TPSA) is 59.9 Å². The van der Waals surface area contributed by atoms with Crippen LogP contribution < -0.4 is 0 Å². The zero-order valence-corrected chi connectivity index (χ0v) is 9.51. The zero-order chi connectivity index (χ0) is 11.1. The second-order valence-electron chi connectivity index (χ2n) is 2.80. The molecule has 0 amide bonds. The molecule has 2 rings (SSSR count). The lowest BCUT2D eigenvalue weighted by Crippen LogP contribution is -1.91. The van der Waals surface area contributed by atoms with Crippen LogP contribution in [0.15, 0.2) is 29.3 Å². The SMILES string of the molecule is O=S(=O)(Cl)c1ccc2nc(Cl)ncc2c1. The zero-order valence-electron chi connectivity index (χ0n) is 7.18. The van der Waals surface area contributed by atoms with E-state index in [0.717, 1.165) is 0 Å². The Bertz CT molecular complexity index is 628. The lowest BCUT2D eigenvalue weighted by atomic mass is 10.2. The van der Waals surface area contributed by atoms with Gasteiger partial charge in [-0.25, -0.2) is 18.4 Å². The average Bonchev–Trinajstić information content (AvgIpc) is 2.15. The highest BCUT2D eigenvalue weighted by molar-refractivity contribution is 8.13. The second kappa shape index (κ2) is 3.59. The van der Waals surface area contributed by atoms with E-state index in [1.165, 1.54) is 24.4 Å². The number of aromatic nitrogens is 2. The van der Waals surface area contributed by atoms with Crippen LogP contribution in [0.1, 0.15) is 0 Å². The third-order valence-electron chi connectivity index (χ3n) is 1.80. The fraction of sp³-hybridized carbons (Fsp3) is 0. The lowest BCUT2D eigenvalue weighted by molar-refractivity contribution is 0.609. The van der Waals surface area contributed by atoms with E-state index in [4.69, 9.17) is 22.3 Å². The summed E-state index contributed by atoms with van der Waals surface area (Å²) in [6, 6.07) is 4.29. The van der Waals surface area contributed by atoms with Crippen LogP contribution in [0.5, 0.6) is 0 Å². The number of benzene rings is 1. The van der Waals surface area contributed by atoms with E-state index >= 15 is 0 Å². The van der Waals surface area contributed by atoms with E-state index in [1.807, 2.05) is 0 Å². The van der Waals surface area contributed by atoms with Crippen LogP contribution in [0.2, 0.25) is 5.28 Å². The first-order chi connectivity index (χ1) is 6.97. The summed E-state index contributed by atoms with van der Waals surface area (Å²) in [5.74, 6) is 0. The Hall–Kier alpha value is -0.910. The second-order valence-corrected chi connectivity index (χ2v) is 5.70. The molecule has 0 atom stereocenters. The van der Waals surface area contributed by atoms with Crippen LogP contribution in [0.25, 0.3) is 10.9 Å². The molecule has 0 unspecified atom stereocenters. The van der Waals surface area contributed by atoms with E-state index in [0.29, 0.717) is 10.9 Å². The maximum Gasteiger partial charge on any atom is 0.261 e. The highest BCUT2D eigenvalue weighted by Gasteiger charge is 2.10. The summed E-state index contributed by atoms with van der Waals surface area (Å²) in [5, 5.41) is 0.685. The summed E-state index contributed by atoms with van der Waals surface area (Å²) in [5.41, 5.74) is 0.569. The minimum absolute atomic E-state index is 0.0163. The molecule has 1 heterocycles. The predicted octanol–water partition coefficient (Wildman–Crippen LogP) is 2.21. The molecule has 0 bridgehead atoms. The van der Waals surface area contributed by atoms with Crippen LogP contribution in [-0.4, -0.2) is 18.4 Å². The monoisotopic (exact) mass is 262 g/mol. The van der Waals surface area contributed by atoms with Gasteiger partial charge in [0.1, 0.15) is 0 Å². The molecule has 4 nitrogen and oxygen atoms in total. The van der Waals surface area contributed by atoms with Gasteiger partial charge in [0.05, 0.1) is 10.4 Å². The number of hydrogen-bond donors (Lipinski definition) is 0. The van der Waals surface area contributed by atoms with Crippen molar-refractivity contribution in [3.8, 4) is 0 Å². The van der Waals surface area contributed by atoms with Crippen molar-refractivity contribution in [1.82, 2.24) is 9.97 Å². The molecule has 0 radical (unpaired) electrons.